The van der Waals surface area contributed by atoms with Crippen LogP contribution in [0.2, 0.25) is 0 Å². The lowest BCUT2D eigenvalue weighted by Crippen LogP contribution is -2.06. The molecular weight excluding hydrogens is 1010 g/mol. The summed E-state index contributed by atoms with van der Waals surface area (Å²) < 4.78 is 0. The molecule has 14 aromatic carbocycles. The number of rotatable bonds is 13. The molecule has 0 heterocycles. The predicted molar refractivity (Wildman–Crippen MR) is 357 cm³/mol. The second kappa shape index (κ2) is 23.3. The molecule has 0 spiro atoms. The Balaban J connectivity index is 1.24. The van der Waals surface area contributed by atoms with Gasteiger partial charge in [0.2, 0.25) is 0 Å². The minimum Gasteiger partial charge on any atom is -0.0622 e. The Hall–Kier alpha value is -10.9. The van der Waals surface area contributed by atoms with Gasteiger partial charge in [0.15, 0.2) is 0 Å². The van der Waals surface area contributed by atoms with Crippen molar-refractivity contribution in [2.45, 2.75) is 0 Å². The monoisotopic (exact) mass is 1070 g/mol. The van der Waals surface area contributed by atoms with Gasteiger partial charge in [-0.05, 0) is 145 Å². The van der Waals surface area contributed by atoms with Gasteiger partial charge in [0.1, 0.15) is 0 Å². The first kappa shape index (κ1) is 51.2. The van der Waals surface area contributed by atoms with Crippen molar-refractivity contribution in [2.75, 3.05) is 0 Å². The van der Waals surface area contributed by atoms with Crippen LogP contribution in [0.4, 0.5) is 0 Å². The van der Waals surface area contributed by atoms with Gasteiger partial charge in [-0.1, -0.05) is 352 Å². The van der Waals surface area contributed by atoms with E-state index in [1.54, 1.807) is 0 Å². The highest BCUT2D eigenvalue weighted by atomic mass is 14.4. The molecule has 0 saturated carbocycles. The molecule has 14 aromatic rings. The lowest BCUT2D eigenvalue weighted by Gasteiger charge is -2.33. The van der Waals surface area contributed by atoms with Crippen LogP contribution in [0.15, 0.2) is 352 Å². The second-order valence-electron chi connectivity index (χ2n) is 21.3. The van der Waals surface area contributed by atoms with Gasteiger partial charge in [-0.2, -0.15) is 0 Å². The molecule has 394 valence electrons. The number of hydrogen-bond donors (Lipinski definition) is 0. The lowest BCUT2D eigenvalue weighted by molar-refractivity contribution is 1.49. The van der Waals surface area contributed by atoms with Crippen LogP contribution in [0.3, 0.4) is 0 Å². The summed E-state index contributed by atoms with van der Waals surface area (Å²) >= 11 is 0. The van der Waals surface area contributed by atoms with Crippen LogP contribution < -0.4 is 0 Å². The Kier molecular flexibility index (Phi) is 14.2. The zero-order valence-electron chi connectivity index (χ0n) is 46.5. The normalized spacial score (nSPS) is 11.1. The Labute approximate surface area is 493 Å². The summed E-state index contributed by atoms with van der Waals surface area (Å²) in [5, 5.41) is 0. The highest BCUT2D eigenvalue weighted by Crippen LogP contribution is 2.62. The van der Waals surface area contributed by atoms with E-state index in [1.807, 2.05) is 0 Å². The van der Waals surface area contributed by atoms with E-state index < -0.39 is 0 Å². The molecule has 0 heteroatoms. The highest BCUT2D eigenvalue weighted by Gasteiger charge is 2.35. The standard InChI is InChI=1S/C84H58/c1-11-31-59(32-12-1)60-51-53-61(54-52-60)62-55-57-72(58-56-62)78-76(66-39-19-5-20-40-66)81(70-47-27-9-28-48-70)84(82(71-49-29-10-30-50-71)77(78)67-41-21-6-22-42-67)83-79(68-43-23-7-24-44-68)74(64-35-15-3-16-36-64)73(63-33-13-2-14-34-63)75(65-37-17-4-18-38-65)80(83)69-45-25-8-26-46-69/h1-58H. The van der Waals surface area contributed by atoms with Crippen LogP contribution in [0, 0.1) is 0 Å². The van der Waals surface area contributed by atoms with E-state index in [-0.39, 0.29) is 0 Å². The van der Waals surface area contributed by atoms with Gasteiger partial charge < -0.3 is 0 Å². The third-order valence-corrected chi connectivity index (χ3v) is 16.3. The first-order valence-corrected chi connectivity index (χ1v) is 29.0. The van der Waals surface area contributed by atoms with E-state index in [0.717, 1.165) is 111 Å². The van der Waals surface area contributed by atoms with Crippen molar-refractivity contribution < 1.29 is 0 Å². The quantitative estimate of drug-likeness (QED) is 0.108. The molecule has 0 atom stereocenters. The Bertz CT molecular complexity index is 4300. The minimum absolute atomic E-state index is 1.12. The maximum atomic E-state index is 2.36. The molecule has 0 fully saturated rings. The summed E-state index contributed by atoms with van der Waals surface area (Å²) in [6.45, 7) is 0. The fourth-order valence-electron chi connectivity index (χ4n) is 12.6. The lowest BCUT2D eigenvalue weighted by atomic mass is 9.69. The van der Waals surface area contributed by atoms with Gasteiger partial charge in [-0.3, -0.25) is 0 Å². The largest absolute Gasteiger partial charge is 0.0622 e. The SMILES string of the molecule is c1ccc(-c2ccc(-c3ccc(-c4c(-c5ccccc5)c(-c5ccccc5)c(-c5c(-c6ccccc6)c(-c6ccccc6)c(-c6ccccc6)c(-c6ccccc6)c5-c5ccccc5)c(-c5ccccc5)c4-c4ccccc4)cc3)cc2)cc1. The van der Waals surface area contributed by atoms with Gasteiger partial charge in [0, 0.05) is 0 Å². The maximum absolute atomic E-state index is 2.36. The van der Waals surface area contributed by atoms with Crippen molar-refractivity contribution in [3.63, 3.8) is 0 Å². The van der Waals surface area contributed by atoms with E-state index in [9.17, 15) is 0 Å². The Morgan fingerprint density at radius 3 is 0.321 bits per heavy atom. The van der Waals surface area contributed by atoms with Crippen LogP contribution in [0.5, 0.6) is 0 Å². The average molecular weight is 1070 g/mol. The van der Waals surface area contributed by atoms with Crippen LogP contribution in [-0.2, 0) is 0 Å². The summed E-state index contributed by atoms with van der Waals surface area (Å²) in [4.78, 5) is 0. The third-order valence-electron chi connectivity index (χ3n) is 16.3. The zero-order valence-corrected chi connectivity index (χ0v) is 46.5. The van der Waals surface area contributed by atoms with E-state index in [4.69, 9.17) is 0 Å². The topological polar surface area (TPSA) is 0 Å². The first-order valence-electron chi connectivity index (χ1n) is 29.0. The highest BCUT2D eigenvalue weighted by molar-refractivity contribution is 6.23. The number of hydrogen-bond acceptors (Lipinski definition) is 0. The van der Waals surface area contributed by atoms with Crippen molar-refractivity contribution in [1.29, 1.82) is 0 Å². The second-order valence-corrected chi connectivity index (χ2v) is 21.3. The van der Waals surface area contributed by atoms with Crippen molar-refractivity contribution in [1.82, 2.24) is 0 Å². The summed E-state index contributed by atoms with van der Waals surface area (Å²) in [5.74, 6) is 0. The minimum atomic E-state index is 1.12. The smallest absolute Gasteiger partial charge is 0.0000936 e. The summed E-state index contributed by atoms with van der Waals surface area (Å²) in [5.41, 5.74) is 29.9. The molecule has 84 heavy (non-hydrogen) atoms. The van der Waals surface area contributed by atoms with E-state index in [1.165, 1.54) is 33.4 Å². The molecule has 0 amide bonds. The molecule has 0 aliphatic heterocycles. The molecule has 0 nitrogen and oxygen atoms in total. The fraction of sp³-hybridized carbons (Fsp3) is 0. The van der Waals surface area contributed by atoms with Gasteiger partial charge >= 0.3 is 0 Å². The van der Waals surface area contributed by atoms with Gasteiger partial charge in [0.25, 0.3) is 0 Å². The van der Waals surface area contributed by atoms with Gasteiger partial charge in [0.05, 0.1) is 0 Å². The summed E-state index contributed by atoms with van der Waals surface area (Å²) in [6.07, 6.45) is 0. The van der Waals surface area contributed by atoms with Crippen molar-refractivity contribution >= 4 is 0 Å². The molecule has 0 N–H and O–H groups in total. The van der Waals surface area contributed by atoms with Crippen molar-refractivity contribution in [2.24, 2.45) is 0 Å². The van der Waals surface area contributed by atoms with Crippen molar-refractivity contribution in [3.05, 3.63) is 352 Å². The van der Waals surface area contributed by atoms with E-state index >= 15 is 0 Å². The molecule has 0 bridgehead atoms. The van der Waals surface area contributed by atoms with Gasteiger partial charge in [-0.15, -0.1) is 0 Å². The van der Waals surface area contributed by atoms with Crippen molar-refractivity contribution in [3.8, 4) is 145 Å². The van der Waals surface area contributed by atoms with Crippen LogP contribution in [0.1, 0.15) is 0 Å². The van der Waals surface area contributed by atoms with Gasteiger partial charge in [-0.25, -0.2) is 0 Å². The predicted octanol–water partition coefficient (Wildman–Crippen LogP) is 23.4. The molecule has 0 aromatic heterocycles. The molecule has 0 radical (unpaired) electrons. The first-order chi connectivity index (χ1) is 41.8. The summed E-state index contributed by atoms with van der Waals surface area (Å²) in [6, 6.07) is 129. The van der Waals surface area contributed by atoms with E-state index in [2.05, 4.69) is 352 Å². The Morgan fingerprint density at radius 2 is 0.167 bits per heavy atom. The molecule has 0 saturated heterocycles. The fourth-order valence-corrected chi connectivity index (χ4v) is 12.6. The van der Waals surface area contributed by atoms with Crippen LogP contribution in [-0.4, -0.2) is 0 Å². The van der Waals surface area contributed by atoms with Crippen LogP contribution in [0.25, 0.3) is 145 Å². The Morgan fingerprint density at radius 1 is 0.0714 bits per heavy atom. The third kappa shape index (κ3) is 9.76. The number of benzene rings is 14. The zero-order chi connectivity index (χ0) is 56.0. The summed E-state index contributed by atoms with van der Waals surface area (Å²) in [7, 11) is 0. The average Bonchev–Trinajstić information content (AvgIpc) is 0.986. The van der Waals surface area contributed by atoms with Crippen LogP contribution >= 0.6 is 0 Å². The van der Waals surface area contributed by atoms with E-state index in [0.29, 0.717) is 0 Å². The molecule has 0 aliphatic carbocycles. The molecule has 0 aliphatic rings. The molecular formula is C84H58. The maximum Gasteiger partial charge on any atom is -0.0000936 e. The molecule has 14 rings (SSSR count). The molecule has 0 unspecified atom stereocenters.